The van der Waals surface area contributed by atoms with Gasteiger partial charge in [-0.15, -0.1) is 0 Å². The van der Waals surface area contributed by atoms with Crippen LogP contribution in [0.2, 0.25) is 0 Å². The van der Waals surface area contributed by atoms with Crippen molar-refractivity contribution < 1.29 is 9.53 Å². The highest BCUT2D eigenvalue weighted by molar-refractivity contribution is 5.78. The molecule has 4 heteroatoms. The molecule has 4 nitrogen and oxygen atoms in total. The summed E-state index contributed by atoms with van der Waals surface area (Å²) in [5.74, 6) is 1.59. The highest BCUT2D eigenvalue weighted by atomic mass is 16.5. The van der Waals surface area contributed by atoms with Gasteiger partial charge in [0.25, 0.3) is 0 Å². The van der Waals surface area contributed by atoms with E-state index in [1.807, 2.05) is 31.2 Å². The number of nitrogens with one attached hydrogen (secondary N) is 1. The van der Waals surface area contributed by atoms with E-state index in [0.29, 0.717) is 25.0 Å². The minimum Gasteiger partial charge on any atom is -0.494 e. The first-order chi connectivity index (χ1) is 11.1. The first-order valence-electron chi connectivity index (χ1n) is 8.81. The van der Waals surface area contributed by atoms with Crippen molar-refractivity contribution in [1.29, 1.82) is 0 Å². The van der Waals surface area contributed by atoms with E-state index in [9.17, 15) is 4.79 Å². The molecular weight excluding hydrogens is 288 g/mol. The maximum Gasteiger partial charge on any atom is 0.224 e. The second kappa shape index (κ2) is 8.92. The normalized spacial score (nSPS) is 16.5. The minimum atomic E-state index is 0.112. The minimum absolute atomic E-state index is 0.112. The van der Waals surface area contributed by atoms with Crippen molar-refractivity contribution >= 4 is 5.91 Å². The summed E-state index contributed by atoms with van der Waals surface area (Å²) < 4.78 is 5.41. The van der Waals surface area contributed by atoms with Gasteiger partial charge >= 0.3 is 0 Å². The van der Waals surface area contributed by atoms with Crippen molar-refractivity contribution in [2.24, 2.45) is 5.92 Å². The SMILES string of the molecule is CCOc1ccc(CC(=O)NCC2CCN(C(C)C)CC2)cc1. The smallest absolute Gasteiger partial charge is 0.224 e. The predicted molar refractivity (Wildman–Crippen MR) is 93.8 cm³/mol. The Bertz CT molecular complexity index is 477. The zero-order valence-electron chi connectivity index (χ0n) is 14.7. The van der Waals surface area contributed by atoms with Crippen LogP contribution in [-0.2, 0) is 11.2 Å². The third-order valence-electron chi connectivity index (χ3n) is 4.57. The van der Waals surface area contributed by atoms with E-state index in [0.717, 1.165) is 30.9 Å². The van der Waals surface area contributed by atoms with Crippen LogP contribution in [-0.4, -0.2) is 43.1 Å². The third-order valence-corrected chi connectivity index (χ3v) is 4.57. The number of piperidine rings is 1. The van der Waals surface area contributed by atoms with Crippen LogP contribution in [0.1, 0.15) is 39.2 Å². The van der Waals surface area contributed by atoms with Crippen LogP contribution in [0.15, 0.2) is 24.3 Å². The number of ether oxygens (including phenoxy) is 1. The molecule has 1 N–H and O–H groups in total. The molecule has 1 aromatic carbocycles. The monoisotopic (exact) mass is 318 g/mol. The summed E-state index contributed by atoms with van der Waals surface area (Å²) in [7, 11) is 0. The summed E-state index contributed by atoms with van der Waals surface area (Å²) in [4.78, 5) is 14.6. The summed E-state index contributed by atoms with van der Waals surface area (Å²) in [5, 5.41) is 3.10. The highest BCUT2D eigenvalue weighted by Crippen LogP contribution is 2.18. The molecule has 1 fully saturated rings. The van der Waals surface area contributed by atoms with Gasteiger partial charge in [0, 0.05) is 12.6 Å². The average Bonchev–Trinajstić information content (AvgIpc) is 2.55. The number of carbonyl (C=O) groups excluding carboxylic acids is 1. The lowest BCUT2D eigenvalue weighted by Crippen LogP contribution is -2.41. The molecule has 0 aliphatic carbocycles. The van der Waals surface area contributed by atoms with Crippen molar-refractivity contribution in [3.63, 3.8) is 0 Å². The molecule has 1 aliphatic heterocycles. The maximum atomic E-state index is 12.1. The second-order valence-corrected chi connectivity index (χ2v) is 6.63. The molecule has 1 heterocycles. The number of nitrogens with zero attached hydrogens (tertiary/aromatic N) is 1. The Morgan fingerprint density at radius 1 is 1.26 bits per heavy atom. The number of benzene rings is 1. The lowest BCUT2D eigenvalue weighted by molar-refractivity contribution is -0.120. The average molecular weight is 318 g/mol. The van der Waals surface area contributed by atoms with E-state index < -0.39 is 0 Å². The number of hydrogen-bond donors (Lipinski definition) is 1. The Hall–Kier alpha value is -1.55. The van der Waals surface area contributed by atoms with Crippen LogP contribution in [0.5, 0.6) is 5.75 Å². The summed E-state index contributed by atoms with van der Waals surface area (Å²) in [6, 6.07) is 8.41. The lowest BCUT2D eigenvalue weighted by Gasteiger charge is -2.34. The summed E-state index contributed by atoms with van der Waals surface area (Å²) in [5.41, 5.74) is 1.03. The van der Waals surface area contributed by atoms with Crippen LogP contribution >= 0.6 is 0 Å². The van der Waals surface area contributed by atoms with Gasteiger partial charge in [-0.2, -0.15) is 0 Å². The standard InChI is InChI=1S/C19H30N2O2/c1-4-23-18-7-5-16(6-8-18)13-19(22)20-14-17-9-11-21(12-10-17)15(2)3/h5-8,15,17H,4,9-14H2,1-3H3,(H,20,22). The zero-order chi connectivity index (χ0) is 16.7. The summed E-state index contributed by atoms with van der Waals surface area (Å²) >= 11 is 0. The Morgan fingerprint density at radius 3 is 2.48 bits per heavy atom. The van der Waals surface area contributed by atoms with Crippen LogP contribution in [0.4, 0.5) is 0 Å². The molecule has 128 valence electrons. The van der Waals surface area contributed by atoms with Crippen molar-refractivity contribution in [1.82, 2.24) is 10.2 Å². The molecule has 0 aromatic heterocycles. The fraction of sp³-hybridized carbons (Fsp3) is 0.632. The Morgan fingerprint density at radius 2 is 1.91 bits per heavy atom. The van der Waals surface area contributed by atoms with Crippen molar-refractivity contribution in [3.05, 3.63) is 29.8 Å². The number of rotatable bonds is 7. The van der Waals surface area contributed by atoms with E-state index in [2.05, 4.69) is 24.1 Å². The van der Waals surface area contributed by atoms with E-state index >= 15 is 0 Å². The molecule has 1 aliphatic rings. The number of likely N-dealkylation sites (tertiary alicyclic amines) is 1. The molecule has 0 spiro atoms. The molecule has 23 heavy (non-hydrogen) atoms. The van der Waals surface area contributed by atoms with Crippen molar-refractivity contribution in [2.75, 3.05) is 26.2 Å². The van der Waals surface area contributed by atoms with Crippen LogP contribution in [0.3, 0.4) is 0 Å². The van der Waals surface area contributed by atoms with Gasteiger partial charge in [-0.1, -0.05) is 12.1 Å². The molecule has 0 bridgehead atoms. The quantitative estimate of drug-likeness (QED) is 0.840. The Kier molecular flexibility index (Phi) is 6.90. The van der Waals surface area contributed by atoms with Crippen molar-refractivity contribution in [3.8, 4) is 5.75 Å². The fourth-order valence-electron chi connectivity index (χ4n) is 3.05. The molecule has 0 atom stereocenters. The third kappa shape index (κ3) is 5.87. The molecule has 0 radical (unpaired) electrons. The largest absolute Gasteiger partial charge is 0.494 e. The molecule has 2 rings (SSSR count). The molecule has 1 aromatic rings. The molecule has 1 saturated heterocycles. The Balaban J connectivity index is 1.69. The molecule has 0 unspecified atom stereocenters. The van der Waals surface area contributed by atoms with Gasteiger partial charge in [0.1, 0.15) is 5.75 Å². The van der Waals surface area contributed by atoms with Crippen LogP contribution in [0.25, 0.3) is 0 Å². The first kappa shape index (κ1) is 17.8. The highest BCUT2D eigenvalue weighted by Gasteiger charge is 2.21. The van der Waals surface area contributed by atoms with Gasteiger partial charge in [0.05, 0.1) is 13.0 Å². The topological polar surface area (TPSA) is 41.6 Å². The van der Waals surface area contributed by atoms with E-state index in [-0.39, 0.29) is 5.91 Å². The number of hydrogen-bond acceptors (Lipinski definition) is 3. The van der Waals surface area contributed by atoms with Gasteiger partial charge < -0.3 is 15.0 Å². The van der Waals surface area contributed by atoms with Crippen LogP contribution in [0, 0.1) is 5.92 Å². The fourth-order valence-corrected chi connectivity index (χ4v) is 3.05. The lowest BCUT2D eigenvalue weighted by atomic mass is 9.96. The number of amides is 1. The first-order valence-corrected chi connectivity index (χ1v) is 8.81. The van der Waals surface area contributed by atoms with Gasteiger partial charge in [-0.3, -0.25) is 4.79 Å². The van der Waals surface area contributed by atoms with Gasteiger partial charge in [0.2, 0.25) is 5.91 Å². The van der Waals surface area contributed by atoms with Gasteiger partial charge in [-0.05, 0) is 70.3 Å². The zero-order valence-corrected chi connectivity index (χ0v) is 14.7. The number of carbonyl (C=O) groups is 1. The van der Waals surface area contributed by atoms with E-state index in [1.165, 1.54) is 12.8 Å². The summed E-state index contributed by atoms with van der Waals surface area (Å²) in [6.07, 6.45) is 2.81. The molecular formula is C19H30N2O2. The van der Waals surface area contributed by atoms with E-state index in [4.69, 9.17) is 4.74 Å². The van der Waals surface area contributed by atoms with Gasteiger partial charge in [-0.25, -0.2) is 0 Å². The van der Waals surface area contributed by atoms with Gasteiger partial charge in [0.15, 0.2) is 0 Å². The van der Waals surface area contributed by atoms with Crippen LogP contribution < -0.4 is 10.1 Å². The summed E-state index contributed by atoms with van der Waals surface area (Å²) in [6.45, 7) is 10.2. The van der Waals surface area contributed by atoms with E-state index in [1.54, 1.807) is 0 Å². The maximum absolute atomic E-state index is 12.1. The predicted octanol–water partition coefficient (Wildman–Crippen LogP) is 2.86. The Labute approximate surface area is 140 Å². The molecule has 0 saturated carbocycles. The van der Waals surface area contributed by atoms with Crippen molar-refractivity contribution in [2.45, 2.75) is 46.1 Å². The second-order valence-electron chi connectivity index (χ2n) is 6.63. The molecule has 1 amide bonds.